The fourth-order valence-corrected chi connectivity index (χ4v) is 3.70. The van der Waals surface area contributed by atoms with Crippen molar-refractivity contribution in [3.05, 3.63) is 0 Å². The molecule has 0 aromatic heterocycles. The van der Waals surface area contributed by atoms with Crippen LogP contribution in [0.15, 0.2) is 4.99 Å². The molecule has 6 nitrogen and oxygen atoms in total. The van der Waals surface area contributed by atoms with Crippen LogP contribution in [0.3, 0.4) is 0 Å². The highest BCUT2D eigenvalue weighted by Gasteiger charge is 2.32. The first-order chi connectivity index (χ1) is 11.8. The lowest BCUT2D eigenvalue weighted by Crippen LogP contribution is -2.51. The molecule has 3 unspecified atom stereocenters. The highest BCUT2D eigenvalue weighted by Crippen LogP contribution is 2.22. The lowest BCUT2D eigenvalue weighted by molar-refractivity contribution is -0.0453. The maximum Gasteiger partial charge on any atom is 0.191 e. The Morgan fingerprint density at radius 3 is 2.96 bits per heavy atom. The quantitative estimate of drug-likeness (QED) is 0.435. The van der Waals surface area contributed by atoms with Gasteiger partial charge < -0.3 is 20.5 Å². The molecule has 140 valence electrons. The number of aliphatic hydroxyl groups is 1. The molecule has 0 amide bonds. The number of rotatable bonds is 9. The molecule has 0 aliphatic carbocycles. The van der Waals surface area contributed by atoms with Crippen LogP contribution in [0.1, 0.15) is 46.0 Å². The number of aliphatic hydroxyl groups excluding tert-OH is 1. The molecule has 3 N–H and O–H groups in total. The first-order valence-corrected chi connectivity index (χ1v) is 9.75. The second-order valence-corrected chi connectivity index (χ2v) is 7.01. The van der Waals surface area contributed by atoms with E-state index < -0.39 is 0 Å². The fourth-order valence-electron chi connectivity index (χ4n) is 3.70. The van der Waals surface area contributed by atoms with Crippen molar-refractivity contribution in [2.45, 2.75) is 58.1 Å². The summed E-state index contributed by atoms with van der Waals surface area (Å²) in [5.41, 5.74) is 0. The van der Waals surface area contributed by atoms with E-state index in [1.807, 2.05) is 0 Å². The van der Waals surface area contributed by atoms with E-state index in [9.17, 15) is 5.11 Å². The van der Waals surface area contributed by atoms with Crippen LogP contribution in [0.25, 0.3) is 0 Å². The van der Waals surface area contributed by atoms with Crippen LogP contribution in [0, 0.1) is 5.92 Å². The van der Waals surface area contributed by atoms with E-state index in [0.717, 1.165) is 58.0 Å². The van der Waals surface area contributed by atoms with E-state index >= 15 is 0 Å². The van der Waals surface area contributed by atoms with Gasteiger partial charge in [-0.2, -0.15) is 0 Å². The number of hydrogen-bond donors (Lipinski definition) is 3. The molecule has 0 aromatic carbocycles. The summed E-state index contributed by atoms with van der Waals surface area (Å²) in [6.45, 7) is 10.1. The monoisotopic (exact) mass is 340 g/mol. The Morgan fingerprint density at radius 1 is 1.33 bits per heavy atom. The molecule has 0 aromatic rings. The summed E-state index contributed by atoms with van der Waals surface area (Å²) in [5, 5.41) is 15.9. The third-order valence-corrected chi connectivity index (χ3v) is 5.04. The lowest BCUT2D eigenvalue weighted by Gasteiger charge is -2.35. The normalized spacial score (nSPS) is 26.2. The van der Waals surface area contributed by atoms with Crippen molar-refractivity contribution >= 4 is 5.96 Å². The molecule has 0 bridgehead atoms. The number of morpholine rings is 1. The van der Waals surface area contributed by atoms with E-state index in [1.165, 1.54) is 19.4 Å². The molecule has 0 saturated carbocycles. The number of nitrogens with one attached hydrogen (secondary N) is 2. The van der Waals surface area contributed by atoms with Crippen LogP contribution in [-0.2, 0) is 4.74 Å². The topological polar surface area (TPSA) is 69.1 Å². The van der Waals surface area contributed by atoms with Gasteiger partial charge in [0.15, 0.2) is 5.96 Å². The zero-order valence-corrected chi connectivity index (χ0v) is 15.5. The minimum absolute atomic E-state index is 0.243. The highest BCUT2D eigenvalue weighted by molar-refractivity contribution is 5.79. The minimum Gasteiger partial charge on any atom is -0.396 e. The average Bonchev–Trinajstić information content (AvgIpc) is 3.05. The predicted molar refractivity (Wildman–Crippen MR) is 98.4 cm³/mol. The van der Waals surface area contributed by atoms with Gasteiger partial charge in [-0.1, -0.05) is 13.3 Å². The van der Waals surface area contributed by atoms with Gasteiger partial charge in [-0.15, -0.1) is 0 Å². The Hall–Kier alpha value is -0.850. The molecule has 0 spiro atoms. The second kappa shape index (κ2) is 10.9. The van der Waals surface area contributed by atoms with E-state index in [4.69, 9.17) is 9.73 Å². The van der Waals surface area contributed by atoms with Crippen molar-refractivity contribution in [3.8, 4) is 0 Å². The van der Waals surface area contributed by atoms with Crippen LogP contribution in [0.2, 0.25) is 0 Å². The fraction of sp³-hybridized carbons (Fsp3) is 0.944. The predicted octanol–water partition coefficient (Wildman–Crippen LogP) is 1.20. The first kappa shape index (κ1) is 19.5. The lowest BCUT2D eigenvalue weighted by atomic mass is 10.0. The van der Waals surface area contributed by atoms with Crippen molar-refractivity contribution in [1.82, 2.24) is 15.5 Å². The van der Waals surface area contributed by atoms with E-state index in [2.05, 4.69) is 29.4 Å². The number of aliphatic imine (C=N–C) groups is 1. The van der Waals surface area contributed by atoms with Gasteiger partial charge in [-0.3, -0.25) is 9.89 Å². The Kier molecular flexibility index (Phi) is 8.84. The number of hydrogen-bond acceptors (Lipinski definition) is 4. The molecule has 2 heterocycles. The van der Waals surface area contributed by atoms with Crippen LogP contribution in [-0.4, -0.2) is 74.0 Å². The SMILES string of the molecule is CCCC(CCO)CN=C(NCC)NCC1CN2CCCC2CO1. The summed E-state index contributed by atoms with van der Waals surface area (Å²) in [6.07, 6.45) is 5.92. The molecule has 2 fully saturated rings. The third-order valence-electron chi connectivity index (χ3n) is 5.04. The van der Waals surface area contributed by atoms with Gasteiger partial charge in [0.1, 0.15) is 0 Å². The van der Waals surface area contributed by atoms with Gasteiger partial charge in [0.05, 0.1) is 12.7 Å². The van der Waals surface area contributed by atoms with Gasteiger partial charge in [0.25, 0.3) is 0 Å². The molecule has 3 atom stereocenters. The summed E-state index contributed by atoms with van der Waals surface area (Å²) >= 11 is 0. The Balaban J connectivity index is 1.78. The maximum absolute atomic E-state index is 9.18. The largest absolute Gasteiger partial charge is 0.396 e. The zero-order valence-electron chi connectivity index (χ0n) is 15.5. The number of fused-ring (bicyclic) bond motifs is 1. The number of guanidine groups is 1. The van der Waals surface area contributed by atoms with Gasteiger partial charge >= 0.3 is 0 Å². The summed E-state index contributed by atoms with van der Waals surface area (Å²) in [6, 6.07) is 0.649. The molecule has 2 aliphatic heterocycles. The van der Waals surface area contributed by atoms with E-state index in [-0.39, 0.29) is 12.7 Å². The standard InChI is InChI=1S/C18H36N4O2/c1-3-6-15(8-10-23)11-20-18(19-4-2)21-12-17-13-22-9-5-7-16(22)14-24-17/h15-17,23H,3-14H2,1-2H3,(H2,19,20,21). The zero-order chi connectivity index (χ0) is 17.2. The minimum atomic E-state index is 0.243. The molecule has 6 heteroatoms. The van der Waals surface area contributed by atoms with Crippen molar-refractivity contribution in [3.63, 3.8) is 0 Å². The van der Waals surface area contributed by atoms with E-state index in [1.54, 1.807) is 0 Å². The summed E-state index contributed by atoms with van der Waals surface area (Å²) in [7, 11) is 0. The van der Waals surface area contributed by atoms with E-state index in [0.29, 0.717) is 12.0 Å². The summed E-state index contributed by atoms with van der Waals surface area (Å²) in [5.74, 6) is 1.33. The first-order valence-electron chi connectivity index (χ1n) is 9.75. The van der Waals surface area contributed by atoms with Crippen molar-refractivity contribution < 1.29 is 9.84 Å². The van der Waals surface area contributed by atoms with Crippen LogP contribution in [0.5, 0.6) is 0 Å². The molecule has 2 aliphatic rings. The van der Waals surface area contributed by atoms with Crippen molar-refractivity contribution in [2.75, 3.05) is 45.9 Å². The van der Waals surface area contributed by atoms with Crippen LogP contribution < -0.4 is 10.6 Å². The average molecular weight is 341 g/mol. The third kappa shape index (κ3) is 6.22. The summed E-state index contributed by atoms with van der Waals surface area (Å²) < 4.78 is 6.00. The van der Waals surface area contributed by atoms with Gasteiger partial charge in [-0.25, -0.2) is 0 Å². The molecule has 0 radical (unpaired) electrons. The number of nitrogens with zero attached hydrogens (tertiary/aromatic N) is 2. The number of ether oxygens (including phenoxy) is 1. The molecular formula is C18H36N4O2. The van der Waals surface area contributed by atoms with Crippen molar-refractivity contribution in [1.29, 1.82) is 0 Å². The van der Waals surface area contributed by atoms with Crippen molar-refractivity contribution in [2.24, 2.45) is 10.9 Å². The summed E-state index contributed by atoms with van der Waals surface area (Å²) in [4.78, 5) is 7.28. The van der Waals surface area contributed by atoms with Gasteiger partial charge in [0, 0.05) is 38.8 Å². The maximum atomic E-state index is 9.18. The van der Waals surface area contributed by atoms with Crippen LogP contribution >= 0.6 is 0 Å². The Morgan fingerprint density at radius 2 is 2.21 bits per heavy atom. The Labute approximate surface area is 147 Å². The molecule has 2 saturated heterocycles. The Bertz CT molecular complexity index is 372. The smallest absolute Gasteiger partial charge is 0.191 e. The van der Waals surface area contributed by atoms with Gasteiger partial charge in [0.2, 0.25) is 0 Å². The molecular weight excluding hydrogens is 304 g/mol. The second-order valence-electron chi connectivity index (χ2n) is 7.01. The van der Waals surface area contributed by atoms with Crippen LogP contribution in [0.4, 0.5) is 0 Å². The van der Waals surface area contributed by atoms with Gasteiger partial charge in [-0.05, 0) is 45.1 Å². The molecule has 2 rings (SSSR count). The molecule has 24 heavy (non-hydrogen) atoms. The highest BCUT2D eigenvalue weighted by atomic mass is 16.5.